The van der Waals surface area contributed by atoms with E-state index in [1.54, 1.807) is 0 Å². The van der Waals surface area contributed by atoms with Gasteiger partial charge < -0.3 is 9.32 Å². The van der Waals surface area contributed by atoms with Crippen LogP contribution in [0.1, 0.15) is 17.2 Å². The van der Waals surface area contributed by atoms with Gasteiger partial charge in [0.2, 0.25) is 0 Å². The molecule has 7 aromatic rings. The molecule has 2 aliphatic carbocycles. The smallest absolute Gasteiger partial charge is 0.137 e. The molecule has 2 aliphatic rings. The lowest BCUT2D eigenvalue weighted by Crippen LogP contribution is -2.12. The molecular formula is C44H31NO. The van der Waals surface area contributed by atoms with Crippen LogP contribution in [-0.2, 0) is 0 Å². The predicted octanol–water partition coefficient (Wildman–Crippen LogP) is 12.2. The molecule has 2 heteroatoms. The van der Waals surface area contributed by atoms with Crippen LogP contribution in [0.15, 0.2) is 174 Å². The highest BCUT2D eigenvalue weighted by Gasteiger charge is 2.29. The SMILES string of the molecule is C1=CC2C=Cc3oc4cc(N(c5ccc(-c6ccccc6)cc5)c5ccc(-c6cccc7ccccc67)cc5)ccc4c3C2C=C1. The minimum atomic E-state index is 0.306. The van der Waals surface area contributed by atoms with Crippen molar-refractivity contribution < 1.29 is 4.42 Å². The van der Waals surface area contributed by atoms with E-state index < -0.39 is 0 Å². The Hall–Kier alpha value is -5.86. The van der Waals surface area contributed by atoms with Gasteiger partial charge >= 0.3 is 0 Å². The van der Waals surface area contributed by atoms with E-state index in [0.717, 1.165) is 28.4 Å². The quantitative estimate of drug-likeness (QED) is 0.199. The second kappa shape index (κ2) is 10.9. The number of anilines is 3. The van der Waals surface area contributed by atoms with Crippen LogP contribution in [0.25, 0.3) is 50.1 Å². The van der Waals surface area contributed by atoms with Crippen molar-refractivity contribution in [3.8, 4) is 22.3 Å². The van der Waals surface area contributed by atoms with E-state index >= 15 is 0 Å². The first-order chi connectivity index (χ1) is 22.8. The minimum absolute atomic E-state index is 0.306. The van der Waals surface area contributed by atoms with Crippen molar-refractivity contribution in [2.75, 3.05) is 4.90 Å². The number of rotatable bonds is 5. The topological polar surface area (TPSA) is 16.4 Å². The molecule has 218 valence electrons. The predicted molar refractivity (Wildman–Crippen MR) is 193 cm³/mol. The van der Waals surface area contributed by atoms with Crippen molar-refractivity contribution >= 4 is 44.9 Å². The van der Waals surface area contributed by atoms with Crippen molar-refractivity contribution in [1.29, 1.82) is 0 Å². The van der Waals surface area contributed by atoms with Gasteiger partial charge in [-0.3, -0.25) is 0 Å². The highest BCUT2D eigenvalue weighted by molar-refractivity contribution is 5.97. The van der Waals surface area contributed by atoms with Gasteiger partial charge in [0.05, 0.1) is 0 Å². The Bertz CT molecular complexity index is 2300. The molecule has 2 unspecified atom stereocenters. The Morgan fingerprint density at radius 1 is 0.500 bits per heavy atom. The lowest BCUT2D eigenvalue weighted by Gasteiger charge is -2.26. The zero-order valence-electron chi connectivity index (χ0n) is 25.3. The molecule has 6 aromatic carbocycles. The first-order valence-electron chi connectivity index (χ1n) is 15.9. The maximum absolute atomic E-state index is 6.53. The normalized spacial score (nSPS) is 16.4. The van der Waals surface area contributed by atoms with Gasteiger partial charge in [-0.1, -0.05) is 127 Å². The van der Waals surface area contributed by atoms with Gasteiger partial charge in [-0.15, -0.1) is 0 Å². The first-order valence-corrected chi connectivity index (χ1v) is 15.9. The van der Waals surface area contributed by atoms with Crippen molar-refractivity contribution in [3.63, 3.8) is 0 Å². The third-order valence-corrected chi connectivity index (χ3v) is 9.44. The summed E-state index contributed by atoms with van der Waals surface area (Å²) in [5.74, 6) is 1.64. The molecule has 0 amide bonds. The van der Waals surface area contributed by atoms with Crippen LogP contribution in [0.2, 0.25) is 0 Å². The van der Waals surface area contributed by atoms with Crippen LogP contribution < -0.4 is 4.90 Å². The van der Waals surface area contributed by atoms with Crippen molar-refractivity contribution in [1.82, 2.24) is 0 Å². The Kier molecular flexibility index (Phi) is 6.31. The van der Waals surface area contributed by atoms with E-state index in [-0.39, 0.29) is 0 Å². The summed E-state index contributed by atoms with van der Waals surface area (Å²) in [6.07, 6.45) is 13.3. The lowest BCUT2D eigenvalue weighted by molar-refractivity contribution is 0.578. The molecule has 0 aliphatic heterocycles. The lowest BCUT2D eigenvalue weighted by atomic mass is 9.78. The van der Waals surface area contributed by atoms with Crippen LogP contribution in [0, 0.1) is 5.92 Å². The van der Waals surface area contributed by atoms with Crippen molar-refractivity contribution in [2.45, 2.75) is 5.92 Å². The standard InChI is InChI=1S/C44H31NO/c1-2-9-30(10-3-1)31-17-22-35(23-18-31)45(36-24-19-34(20-25-36)39-16-8-13-32-11-4-6-14-38(32)39)37-26-27-41-43(29-37)46-42-28-21-33-12-5-7-15-40(33)44(41)42/h1-29,33,40H. The number of benzene rings is 6. The second-order valence-electron chi connectivity index (χ2n) is 12.1. The molecule has 0 radical (unpaired) electrons. The van der Waals surface area contributed by atoms with Gasteiger partial charge in [0.1, 0.15) is 11.3 Å². The summed E-state index contributed by atoms with van der Waals surface area (Å²) < 4.78 is 6.53. The van der Waals surface area contributed by atoms with Gasteiger partial charge in [-0.25, -0.2) is 0 Å². The fourth-order valence-electron chi connectivity index (χ4n) is 7.17. The van der Waals surface area contributed by atoms with Crippen LogP contribution in [0.5, 0.6) is 0 Å². The van der Waals surface area contributed by atoms with Gasteiger partial charge in [0.15, 0.2) is 0 Å². The number of hydrogen-bond acceptors (Lipinski definition) is 2. The highest BCUT2D eigenvalue weighted by atomic mass is 16.3. The summed E-state index contributed by atoms with van der Waals surface area (Å²) in [6, 6.07) is 50.1. The van der Waals surface area contributed by atoms with Crippen LogP contribution >= 0.6 is 0 Å². The van der Waals surface area contributed by atoms with Crippen LogP contribution in [0.3, 0.4) is 0 Å². The largest absolute Gasteiger partial charge is 0.456 e. The third kappa shape index (κ3) is 4.50. The zero-order chi connectivity index (χ0) is 30.5. The van der Waals surface area contributed by atoms with E-state index in [2.05, 4.69) is 181 Å². The highest BCUT2D eigenvalue weighted by Crippen LogP contribution is 2.45. The molecule has 2 atom stereocenters. The Morgan fingerprint density at radius 3 is 2.00 bits per heavy atom. The van der Waals surface area contributed by atoms with Gasteiger partial charge in [-0.05, 0) is 75.5 Å². The summed E-state index contributed by atoms with van der Waals surface area (Å²) in [4.78, 5) is 2.32. The molecule has 0 saturated carbocycles. The Balaban J connectivity index is 1.15. The molecule has 0 spiro atoms. The maximum Gasteiger partial charge on any atom is 0.137 e. The summed E-state index contributed by atoms with van der Waals surface area (Å²) >= 11 is 0. The molecular weight excluding hydrogens is 558 g/mol. The van der Waals surface area contributed by atoms with E-state index in [4.69, 9.17) is 4.42 Å². The molecule has 46 heavy (non-hydrogen) atoms. The number of hydrogen-bond donors (Lipinski definition) is 0. The molecule has 1 heterocycles. The number of nitrogens with zero attached hydrogens (tertiary/aromatic N) is 1. The van der Waals surface area contributed by atoms with Crippen LogP contribution in [-0.4, -0.2) is 0 Å². The fourth-order valence-corrected chi connectivity index (χ4v) is 7.17. The van der Waals surface area contributed by atoms with E-state index in [9.17, 15) is 0 Å². The molecule has 0 bridgehead atoms. The molecule has 2 nitrogen and oxygen atoms in total. The molecule has 0 saturated heterocycles. The second-order valence-corrected chi connectivity index (χ2v) is 12.1. The molecule has 1 aromatic heterocycles. The van der Waals surface area contributed by atoms with Gasteiger partial charge in [-0.2, -0.15) is 0 Å². The Morgan fingerprint density at radius 2 is 1.17 bits per heavy atom. The van der Waals surface area contributed by atoms with Crippen LogP contribution in [0.4, 0.5) is 17.1 Å². The molecule has 0 N–H and O–H groups in total. The maximum atomic E-state index is 6.53. The first kappa shape index (κ1) is 26.5. The monoisotopic (exact) mass is 589 g/mol. The van der Waals surface area contributed by atoms with E-state index in [0.29, 0.717) is 11.8 Å². The summed E-state index contributed by atoms with van der Waals surface area (Å²) in [5.41, 5.74) is 10.3. The summed E-state index contributed by atoms with van der Waals surface area (Å²) in [7, 11) is 0. The van der Waals surface area contributed by atoms with Crippen molar-refractivity contribution in [2.24, 2.45) is 5.92 Å². The Labute approximate surface area is 268 Å². The zero-order valence-corrected chi connectivity index (χ0v) is 25.3. The molecule has 9 rings (SSSR count). The molecule has 0 fully saturated rings. The average molecular weight is 590 g/mol. The van der Waals surface area contributed by atoms with E-state index in [1.165, 1.54) is 44.0 Å². The number of furan rings is 1. The summed E-state index contributed by atoms with van der Waals surface area (Å²) in [6.45, 7) is 0. The summed E-state index contributed by atoms with van der Waals surface area (Å²) in [5, 5.41) is 3.70. The minimum Gasteiger partial charge on any atom is -0.456 e. The fraction of sp³-hybridized carbons (Fsp3) is 0.0455. The van der Waals surface area contributed by atoms with Crippen molar-refractivity contribution in [3.05, 3.63) is 181 Å². The van der Waals surface area contributed by atoms with Gasteiger partial charge in [0.25, 0.3) is 0 Å². The van der Waals surface area contributed by atoms with Gasteiger partial charge in [0, 0.05) is 45.9 Å². The number of fused-ring (bicyclic) bond motifs is 6. The number of allylic oxidation sites excluding steroid dienone is 5. The third-order valence-electron chi connectivity index (χ3n) is 9.44. The van der Waals surface area contributed by atoms with E-state index in [1.807, 2.05) is 0 Å². The average Bonchev–Trinajstić information content (AvgIpc) is 3.51.